The third kappa shape index (κ3) is 2.54. The molecule has 1 saturated carbocycles. The first-order valence-electron chi connectivity index (χ1n) is 6.92. The molecule has 0 radical (unpaired) electrons. The maximum absolute atomic E-state index is 6.02. The normalized spacial score (nSPS) is 19.1. The SMILES string of the molecule is CC1(C)C(=C=Cc2ccccc2)C1Oc1ccccc1. The van der Waals surface area contributed by atoms with Gasteiger partial charge in [0.1, 0.15) is 11.9 Å². The zero-order valence-electron chi connectivity index (χ0n) is 11.8. The van der Waals surface area contributed by atoms with Crippen LogP contribution in [0.25, 0.3) is 6.08 Å². The van der Waals surface area contributed by atoms with E-state index in [-0.39, 0.29) is 11.5 Å². The molecule has 1 fully saturated rings. The Morgan fingerprint density at radius 1 is 0.950 bits per heavy atom. The number of hydrogen-bond acceptors (Lipinski definition) is 1. The van der Waals surface area contributed by atoms with Gasteiger partial charge in [-0.2, -0.15) is 0 Å². The highest BCUT2D eigenvalue weighted by atomic mass is 16.5. The molecular formula is C19H18O. The molecule has 3 rings (SSSR count). The van der Waals surface area contributed by atoms with E-state index in [1.807, 2.05) is 54.6 Å². The molecule has 0 heterocycles. The van der Waals surface area contributed by atoms with Crippen LogP contribution in [-0.4, -0.2) is 6.10 Å². The molecule has 1 aliphatic rings. The minimum Gasteiger partial charge on any atom is -0.484 e. The van der Waals surface area contributed by atoms with Gasteiger partial charge in [0, 0.05) is 11.0 Å². The third-order valence-electron chi connectivity index (χ3n) is 3.72. The van der Waals surface area contributed by atoms with Crippen LogP contribution in [0.4, 0.5) is 0 Å². The van der Waals surface area contributed by atoms with E-state index in [1.54, 1.807) is 0 Å². The maximum atomic E-state index is 6.02. The van der Waals surface area contributed by atoms with Crippen molar-refractivity contribution in [2.45, 2.75) is 20.0 Å². The average Bonchev–Trinajstić information content (AvgIpc) is 2.99. The van der Waals surface area contributed by atoms with E-state index in [2.05, 4.69) is 31.7 Å². The molecule has 0 aliphatic heterocycles. The lowest BCUT2D eigenvalue weighted by Gasteiger charge is -2.05. The van der Waals surface area contributed by atoms with E-state index >= 15 is 0 Å². The third-order valence-corrected chi connectivity index (χ3v) is 3.72. The summed E-state index contributed by atoms with van der Waals surface area (Å²) >= 11 is 0. The van der Waals surface area contributed by atoms with Gasteiger partial charge in [-0.15, -0.1) is 5.73 Å². The van der Waals surface area contributed by atoms with Crippen LogP contribution in [0.15, 0.2) is 72.0 Å². The summed E-state index contributed by atoms with van der Waals surface area (Å²) in [4.78, 5) is 0. The minimum atomic E-state index is 0.0706. The van der Waals surface area contributed by atoms with Gasteiger partial charge in [-0.25, -0.2) is 0 Å². The summed E-state index contributed by atoms with van der Waals surface area (Å²) in [7, 11) is 0. The standard InChI is InChI=1S/C19H18O/c1-19(2)17(14-13-15-9-5-3-6-10-15)18(19)20-16-11-7-4-8-12-16/h3-13,18H,1-2H3. The zero-order valence-corrected chi connectivity index (χ0v) is 11.8. The fraction of sp³-hybridized carbons (Fsp3) is 0.211. The first-order chi connectivity index (χ1) is 9.68. The molecule has 1 atom stereocenters. The highest BCUT2D eigenvalue weighted by Gasteiger charge is 2.55. The number of hydrogen-bond donors (Lipinski definition) is 0. The summed E-state index contributed by atoms with van der Waals surface area (Å²) < 4.78 is 6.02. The lowest BCUT2D eigenvalue weighted by Crippen LogP contribution is -2.04. The number of ether oxygens (including phenoxy) is 1. The molecular weight excluding hydrogens is 244 g/mol. The van der Waals surface area contributed by atoms with Crippen molar-refractivity contribution in [2.75, 3.05) is 0 Å². The largest absolute Gasteiger partial charge is 0.484 e. The highest BCUT2D eigenvalue weighted by molar-refractivity contribution is 5.53. The number of rotatable bonds is 3. The van der Waals surface area contributed by atoms with Crippen molar-refractivity contribution < 1.29 is 4.74 Å². The molecule has 1 nitrogen and oxygen atoms in total. The minimum absolute atomic E-state index is 0.0706. The molecule has 1 aliphatic carbocycles. The first kappa shape index (κ1) is 12.8. The topological polar surface area (TPSA) is 9.23 Å². The second kappa shape index (κ2) is 5.03. The van der Waals surface area contributed by atoms with Crippen molar-refractivity contribution in [1.82, 2.24) is 0 Å². The quantitative estimate of drug-likeness (QED) is 0.728. The van der Waals surface area contributed by atoms with Crippen molar-refractivity contribution in [2.24, 2.45) is 5.41 Å². The fourth-order valence-electron chi connectivity index (χ4n) is 2.32. The van der Waals surface area contributed by atoms with Crippen molar-refractivity contribution >= 4 is 6.08 Å². The van der Waals surface area contributed by atoms with E-state index in [1.165, 1.54) is 11.1 Å². The van der Waals surface area contributed by atoms with Gasteiger partial charge in [0.05, 0.1) is 0 Å². The Labute approximate surface area is 120 Å². The van der Waals surface area contributed by atoms with E-state index < -0.39 is 0 Å². The molecule has 1 heteroatoms. The molecule has 100 valence electrons. The molecule has 2 aromatic rings. The van der Waals surface area contributed by atoms with E-state index in [4.69, 9.17) is 4.74 Å². The summed E-state index contributed by atoms with van der Waals surface area (Å²) in [6.45, 7) is 4.39. The van der Waals surface area contributed by atoms with Crippen LogP contribution in [-0.2, 0) is 0 Å². The van der Waals surface area contributed by atoms with Gasteiger partial charge in [0.2, 0.25) is 0 Å². The molecule has 1 unspecified atom stereocenters. The van der Waals surface area contributed by atoms with Gasteiger partial charge in [0.15, 0.2) is 0 Å². The average molecular weight is 262 g/mol. The summed E-state index contributed by atoms with van der Waals surface area (Å²) in [6, 6.07) is 20.2. The van der Waals surface area contributed by atoms with Crippen LogP contribution in [0.1, 0.15) is 19.4 Å². The van der Waals surface area contributed by atoms with Crippen molar-refractivity contribution in [3.63, 3.8) is 0 Å². The second-order valence-corrected chi connectivity index (χ2v) is 5.65. The smallest absolute Gasteiger partial charge is 0.137 e. The Bertz CT molecular complexity index is 647. The molecule has 0 amide bonds. The number of benzene rings is 2. The van der Waals surface area contributed by atoms with E-state index in [0.717, 1.165) is 5.75 Å². The molecule has 0 aromatic heterocycles. The first-order valence-corrected chi connectivity index (χ1v) is 6.92. The molecule has 0 spiro atoms. The van der Waals surface area contributed by atoms with Crippen LogP contribution in [0.5, 0.6) is 5.75 Å². The zero-order chi connectivity index (χ0) is 14.0. The predicted molar refractivity (Wildman–Crippen MR) is 82.6 cm³/mol. The Morgan fingerprint density at radius 2 is 1.55 bits per heavy atom. The fourth-order valence-corrected chi connectivity index (χ4v) is 2.32. The van der Waals surface area contributed by atoms with Gasteiger partial charge in [-0.05, 0) is 23.8 Å². The Hall–Kier alpha value is -2.24. The summed E-state index contributed by atoms with van der Waals surface area (Å²) in [5.74, 6) is 0.919. The number of para-hydroxylation sites is 1. The van der Waals surface area contributed by atoms with Crippen LogP contribution < -0.4 is 4.74 Å². The van der Waals surface area contributed by atoms with Crippen LogP contribution >= 0.6 is 0 Å². The lowest BCUT2D eigenvalue weighted by atomic mass is 10.1. The molecule has 0 N–H and O–H groups in total. The van der Waals surface area contributed by atoms with Crippen molar-refractivity contribution in [3.8, 4) is 5.75 Å². The maximum Gasteiger partial charge on any atom is 0.137 e. The summed E-state index contributed by atoms with van der Waals surface area (Å²) in [5, 5.41) is 0. The van der Waals surface area contributed by atoms with Crippen LogP contribution in [0, 0.1) is 5.41 Å². The van der Waals surface area contributed by atoms with Gasteiger partial charge in [0.25, 0.3) is 0 Å². The Balaban J connectivity index is 1.80. The molecule has 0 bridgehead atoms. The summed E-state index contributed by atoms with van der Waals surface area (Å²) in [5.41, 5.74) is 5.87. The van der Waals surface area contributed by atoms with E-state index in [0.29, 0.717) is 0 Å². The van der Waals surface area contributed by atoms with Gasteiger partial charge < -0.3 is 4.74 Å². The summed E-state index contributed by atoms with van der Waals surface area (Å²) in [6.07, 6.45) is 2.16. The van der Waals surface area contributed by atoms with Gasteiger partial charge >= 0.3 is 0 Å². The monoisotopic (exact) mass is 262 g/mol. The predicted octanol–water partition coefficient (Wildman–Crippen LogP) is 4.71. The Morgan fingerprint density at radius 3 is 2.20 bits per heavy atom. The highest BCUT2D eigenvalue weighted by Crippen LogP contribution is 2.52. The van der Waals surface area contributed by atoms with E-state index in [9.17, 15) is 0 Å². The molecule has 2 aromatic carbocycles. The second-order valence-electron chi connectivity index (χ2n) is 5.65. The Kier molecular flexibility index (Phi) is 3.22. The lowest BCUT2D eigenvalue weighted by molar-refractivity contribution is 0.262. The van der Waals surface area contributed by atoms with Crippen molar-refractivity contribution in [1.29, 1.82) is 0 Å². The van der Waals surface area contributed by atoms with Gasteiger partial charge in [-0.3, -0.25) is 0 Å². The molecule has 20 heavy (non-hydrogen) atoms. The van der Waals surface area contributed by atoms with Crippen molar-refractivity contribution in [3.05, 3.63) is 77.5 Å². The molecule has 0 saturated heterocycles. The van der Waals surface area contributed by atoms with Crippen LogP contribution in [0.2, 0.25) is 0 Å². The van der Waals surface area contributed by atoms with Gasteiger partial charge in [-0.1, -0.05) is 62.4 Å². The van der Waals surface area contributed by atoms with Crippen LogP contribution in [0.3, 0.4) is 0 Å².